The fraction of sp³-hybridized carbons (Fsp3) is 1.00. The molecule has 6 heteroatoms. The Kier molecular flexibility index (Phi) is 4.31. The first-order valence-corrected chi connectivity index (χ1v) is 9.45. The highest BCUT2D eigenvalue weighted by molar-refractivity contribution is 6.69. The minimum atomic E-state index is -4.26. The largest absolute Gasteiger partial charge is 0.416 e. The maximum Gasteiger partial charge on any atom is 0.416 e. The first-order valence-electron chi connectivity index (χ1n) is 6.04. The Morgan fingerprint density at radius 3 is 1.94 bits per heavy atom. The van der Waals surface area contributed by atoms with Gasteiger partial charge in [-0.05, 0) is 52.4 Å². The van der Waals surface area contributed by atoms with Crippen molar-refractivity contribution in [3.63, 3.8) is 0 Å². The molecule has 0 aliphatic heterocycles. The maximum absolute atomic E-state index is 13.2. The fourth-order valence-electron chi connectivity index (χ4n) is 2.40. The van der Waals surface area contributed by atoms with E-state index in [-0.39, 0.29) is 18.9 Å². The van der Waals surface area contributed by atoms with E-state index in [1.54, 1.807) is 7.05 Å². The van der Waals surface area contributed by atoms with Crippen molar-refractivity contribution in [1.29, 1.82) is 0 Å². The predicted molar refractivity (Wildman–Crippen MR) is 64.5 cm³/mol. The van der Waals surface area contributed by atoms with Gasteiger partial charge in [0, 0.05) is 6.04 Å². The molecular weight excluding hydrogens is 247 g/mol. The van der Waals surface area contributed by atoms with Gasteiger partial charge in [-0.1, -0.05) is 0 Å². The summed E-state index contributed by atoms with van der Waals surface area (Å²) in [5.74, 6) is 0. The Hall–Kier alpha value is -0.0731. The molecule has 1 rings (SSSR count). The average Bonchev–Trinajstić information content (AvgIpc) is 2.14. The van der Waals surface area contributed by atoms with Crippen molar-refractivity contribution in [2.75, 3.05) is 7.05 Å². The highest BCUT2D eigenvalue weighted by atomic mass is 28.4. The molecule has 1 aliphatic rings. The molecule has 1 fully saturated rings. The van der Waals surface area contributed by atoms with Crippen LogP contribution < -0.4 is 5.32 Å². The molecule has 0 atom stereocenters. The second kappa shape index (κ2) is 4.89. The van der Waals surface area contributed by atoms with Crippen molar-refractivity contribution in [3.8, 4) is 0 Å². The summed E-state index contributed by atoms with van der Waals surface area (Å²) in [5.41, 5.74) is -1.90. The van der Waals surface area contributed by atoms with E-state index in [1.807, 2.05) is 19.6 Å². The smallest absolute Gasteiger partial charge is 0.404 e. The zero-order valence-corrected chi connectivity index (χ0v) is 11.9. The molecule has 0 radical (unpaired) electrons. The van der Waals surface area contributed by atoms with E-state index >= 15 is 0 Å². The molecule has 1 N–H and O–H groups in total. The van der Waals surface area contributed by atoms with Gasteiger partial charge >= 0.3 is 6.18 Å². The Morgan fingerprint density at radius 1 is 1.18 bits per heavy atom. The molecule has 2 nitrogen and oxygen atoms in total. The molecule has 1 saturated carbocycles. The van der Waals surface area contributed by atoms with Crippen LogP contribution in [-0.4, -0.2) is 33.2 Å². The van der Waals surface area contributed by atoms with E-state index in [0.29, 0.717) is 12.8 Å². The molecule has 102 valence electrons. The maximum atomic E-state index is 13.2. The van der Waals surface area contributed by atoms with Crippen LogP contribution in [0, 0.1) is 0 Å². The van der Waals surface area contributed by atoms with Crippen LogP contribution in [0.25, 0.3) is 0 Å². The normalized spacial score (nSPS) is 31.6. The fourth-order valence-corrected chi connectivity index (χ4v) is 3.89. The van der Waals surface area contributed by atoms with E-state index in [4.69, 9.17) is 4.43 Å². The van der Waals surface area contributed by atoms with Gasteiger partial charge < -0.3 is 9.74 Å². The van der Waals surface area contributed by atoms with Gasteiger partial charge in [0.1, 0.15) is 0 Å². The lowest BCUT2D eigenvalue weighted by molar-refractivity contribution is -0.262. The molecular formula is C11H22F3NOSi. The monoisotopic (exact) mass is 269 g/mol. The minimum Gasteiger partial charge on any atom is -0.404 e. The lowest BCUT2D eigenvalue weighted by Crippen LogP contribution is -2.56. The molecule has 0 saturated heterocycles. The average molecular weight is 269 g/mol. The Balaban J connectivity index is 2.83. The van der Waals surface area contributed by atoms with E-state index in [1.165, 1.54) is 0 Å². The number of nitrogens with one attached hydrogen (secondary N) is 1. The summed E-state index contributed by atoms with van der Waals surface area (Å²) in [5, 5.41) is 3.04. The van der Waals surface area contributed by atoms with Crippen molar-refractivity contribution in [2.45, 2.75) is 63.1 Å². The summed E-state index contributed by atoms with van der Waals surface area (Å²) in [6.07, 6.45) is -3.05. The third-order valence-electron chi connectivity index (χ3n) is 3.22. The van der Waals surface area contributed by atoms with Gasteiger partial charge in [0.05, 0.1) is 0 Å². The lowest BCUT2D eigenvalue weighted by atomic mass is 9.82. The number of rotatable bonds is 3. The Morgan fingerprint density at radius 2 is 1.65 bits per heavy atom. The second-order valence-electron chi connectivity index (χ2n) is 5.77. The van der Waals surface area contributed by atoms with Crippen LogP contribution in [0.2, 0.25) is 19.6 Å². The lowest BCUT2D eigenvalue weighted by Gasteiger charge is -2.44. The van der Waals surface area contributed by atoms with Crippen LogP contribution in [0.1, 0.15) is 25.7 Å². The molecule has 0 bridgehead atoms. The number of hydrogen-bond donors (Lipinski definition) is 1. The van der Waals surface area contributed by atoms with Crippen LogP contribution >= 0.6 is 0 Å². The van der Waals surface area contributed by atoms with E-state index in [2.05, 4.69) is 5.32 Å². The van der Waals surface area contributed by atoms with Crippen molar-refractivity contribution >= 4 is 8.32 Å². The molecule has 17 heavy (non-hydrogen) atoms. The molecule has 1 aliphatic carbocycles. The van der Waals surface area contributed by atoms with Gasteiger partial charge in [0.2, 0.25) is 0 Å². The van der Waals surface area contributed by atoms with E-state index in [9.17, 15) is 13.2 Å². The Bertz CT molecular complexity index is 254. The summed E-state index contributed by atoms with van der Waals surface area (Å²) in [6.45, 7) is 5.43. The molecule has 0 amide bonds. The zero-order valence-electron chi connectivity index (χ0n) is 10.9. The van der Waals surface area contributed by atoms with Gasteiger partial charge in [-0.3, -0.25) is 0 Å². The van der Waals surface area contributed by atoms with Gasteiger partial charge in [-0.2, -0.15) is 13.2 Å². The van der Waals surface area contributed by atoms with Gasteiger partial charge in [0.25, 0.3) is 0 Å². The third-order valence-corrected chi connectivity index (χ3v) is 4.22. The van der Waals surface area contributed by atoms with Crippen LogP contribution in [0.4, 0.5) is 13.2 Å². The molecule has 0 aromatic heterocycles. The van der Waals surface area contributed by atoms with Crippen LogP contribution in [0.3, 0.4) is 0 Å². The van der Waals surface area contributed by atoms with E-state index in [0.717, 1.165) is 0 Å². The highest BCUT2D eigenvalue weighted by Gasteiger charge is 2.58. The SMILES string of the molecule is CNC1CCC(O[Si](C)(C)C)(C(F)(F)F)CC1. The van der Waals surface area contributed by atoms with Crippen molar-refractivity contribution in [3.05, 3.63) is 0 Å². The topological polar surface area (TPSA) is 21.3 Å². The van der Waals surface area contributed by atoms with Crippen LogP contribution in [0.15, 0.2) is 0 Å². The van der Waals surface area contributed by atoms with Gasteiger partial charge in [0.15, 0.2) is 13.9 Å². The predicted octanol–water partition coefficient (Wildman–Crippen LogP) is 3.30. The number of hydrogen-bond acceptors (Lipinski definition) is 2. The molecule has 0 heterocycles. The van der Waals surface area contributed by atoms with Crippen molar-refractivity contribution < 1.29 is 17.6 Å². The molecule has 0 aromatic rings. The van der Waals surface area contributed by atoms with E-state index < -0.39 is 20.1 Å². The first-order chi connectivity index (χ1) is 7.60. The summed E-state index contributed by atoms with van der Waals surface area (Å²) in [6, 6.07) is 0.190. The quantitative estimate of drug-likeness (QED) is 0.794. The summed E-state index contributed by atoms with van der Waals surface area (Å²) in [7, 11) is -0.403. The standard InChI is InChI=1S/C11H22F3NOSi/c1-15-9-5-7-10(8-6-9,11(12,13)14)16-17(2,3)4/h9,15H,5-8H2,1-4H3. The summed E-state index contributed by atoms with van der Waals surface area (Å²) in [4.78, 5) is 0. The van der Waals surface area contributed by atoms with Crippen molar-refractivity contribution in [2.24, 2.45) is 0 Å². The number of alkyl halides is 3. The molecule has 0 unspecified atom stereocenters. The van der Waals surface area contributed by atoms with Crippen LogP contribution in [0.5, 0.6) is 0 Å². The van der Waals surface area contributed by atoms with Crippen LogP contribution in [-0.2, 0) is 4.43 Å². The second-order valence-corrected chi connectivity index (χ2v) is 10.2. The number of halogens is 3. The van der Waals surface area contributed by atoms with Crippen molar-refractivity contribution in [1.82, 2.24) is 5.32 Å². The zero-order chi connectivity index (χ0) is 13.3. The summed E-state index contributed by atoms with van der Waals surface area (Å²) >= 11 is 0. The summed E-state index contributed by atoms with van der Waals surface area (Å²) < 4.78 is 45.2. The molecule has 0 aromatic carbocycles. The van der Waals surface area contributed by atoms with Gasteiger partial charge in [-0.15, -0.1) is 0 Å². The Labute approximate surface area is 102 Å². The first kappa shape index (κ1) is 15.0. The highest BCUT2D eigenvalue weighted by Crippen LogP contribution is 2.45. The molecule has 0 spiro atoms. The minimum absolute atomic E-state index is 0.0757. The third kappa shape index (κ3) is 3.69. The van der Waals surface area contributed by atoms with Gasteiger partial charge in [-0.25, -0.2) is 0 Å².